The number of nitrogens with zero attached hydrogens (tertiary/aromatic N) is 2. The average Bonchev–Trinajstić information content (AvgIpc) is 3.13. The van der Waals surface area contributed by atoms with Crippen molar-refractivity contribution >= 4 is 5.69 Å². The van der Waals surface area contributed by atoms with E-state index in [1.165, 1.54) is 6.07 Å². The molecule has 4 heteroatoms. The molecule has 0 aliphatic carbocycles. The molecule has 118 valence electrons. The van der Waals surface area contributed by atoms with Crippen LogP contribution in [-0.4, -0.2) is 4.98 Å². The van der Waals surface area contributed by atoms with Crippen molar-refractivity contribution in [3.05, 3.63) is 96.6 Å². The molecule has 2 aromatic carbocycles. The van der Waals surface area contributed by atoms with Crippen LogP contribution >= 0.6 is 0 Å². The van der Waals surface area contributed by atoms with E-state index >= 15 is 0 Å². The summed E-state index contributed by atoms with van der Waals surface area (Å²) < 4.78 is 13.9. The van der Waals surface area contributed by atoms with Crippen molar-refractivity contribution in [2.75, 3.05) is 5.01 Å². The number of aromatic nitrogens is 1. The van der Waals surface area contributed by atoms with E-state index in [-0.39, 0.29) is 11.9 Å². The molecule has 0 bridgehead atoms. The van der Waals surface area contributed by atoms with Crippen molar-refractivity contribution in [3.8, 4) is 11.3 Å². The van der Waals surface area contributed by atoms with Crippen molar-refractivity contribution in [2.24, 2.45) is 0 Å². The first-order valence-corrected chi connectivity index (χ1v) is 7.81. The van der Waals surface area contributed by atoms with Crippen molar-refractivity contribution < 1.29 is 4.39 Å². The van der Waals surface area contributed by atoms with Crippen LogP contribution in [0, 0.1) is 5.82 Å². The Kier molecular flexibility index (Phi) is 3.71. The lowest BCUT2D eigenvalue weighted by atomic mass is 10.1. The highest BCUT2D eigenvalue weighted by molar-refractivity contribution is 5.60. The lowest BCUT2D eigenvalue weighted by molar-refractivity contribution is 0.630. The van der Waals surface area contributed by atoms with E-state index in [1.807, 2.05) is 54.7 Å². The second-order valence-electron chi connectivity index (χ2n) is 5.60. The Morgan fingerprint density at radius 1 is 0.917 bits per heavy atom. The molecule has 0 radical (unpaired) electrons. The van der Waals surface area contributed by atoms with E-state index < -0.39 is 0 Å². The molecule has 0 saturated heterocycles. The molecule has 1 atom stereocenters. The number of para-hydroxylation sites is 1. The summed E-state index contributed by atoms with van der Waals surface area (Å²) in [6.45, 7) is 0. The molecular formula is C20H16FN3. The standard InChI is InChI=1S/C20H16FN3/c21-18-9-5-4-8-17(18)19-11-10-15(14-22-19)20-12-13-23-24(20)16-6-2-1-3-7-16/h1-14,20,23H. The topological polar surface area (TPSA) is 28.2 Å². The summed E-state index contributed by atoms with van der Waals surface area (Å²) in [5, 5.41) is 2.07. The summed E-state index contributed by atoms with van der Waals surface area (Å²) in [7, 11) is 0. The third-order valence-corrected chi connectivity index (χ3v) is 4.08. The van der Waals surface area contributed by atoms with Gasteiger partial charge < -0.3 is 5.43 Å². The van der Waals surface area contributed by atoms with Crippen LogP contribution < -0.4 is 10.4 Å². The Morgan fingerprint density at radius 2 is 1.71 bits per heavy atom. The number of anilines is 1. The van der Waals surface area contributed by atoms with E-state index in [2.05, 4.69) is 21.5 Å². The third kappa shape index (κ3) is 2.63. The van der Waals surface area contributed by atoms with E-state index in [4.69, 9.17) is 0 Å². The highest BCUT2D eigenvalue weighted by Crippen LogP contribution is 2.30. The molecule has 4 rings (SSSR count). The lowest BCUT2D eigenvalue weighted by Crippen LogP contribution is -2.32. The van der Waals surface area contributed by atoms with Gasteiger partial charge in [-0.3, -0.25) is 9.99 Å². The Balaban J connectivity index is 1.63. The minimum Gasteiger partial charge on any atom is -0.305 e. The molecule has 3 nitrogen and oxygen atoms in total. The lowest BCUT2D eigenvalue weighted by Gasteiger charge is -2.26. The van der Waals surface area contributed by atoms with Gasteiger partial charge in [-0.1, -0.05) is 36.4 Å². The number of hydrazine groups is 1. The van der Waals surface area contributed by atoms with Crippen molar-refractivity contribution in [1.29, 1.82) is 0 Å². The summed E-state index contributed by atoms with van der Waals surface area (Å²) in [4.78, 5) is 4.45. The third-order valence-electron chi connectivity index (χ3n) is 4.08. The van der Waals surface area contributed by atoms with Gasteiger partial charge in [-0.15, -0.1) is 0 Å². The molecule has 1 N–H and O–H groups in total. The fraction of sp³-hybridized carbons (Fsp3) is 0.0500. The first kappa shape index (κ1) is 14.5. The van der Waals surface area contributed by atoms with Crippen LogP contribution in [0.3, 0.4) is 0 Å². The van der Waals surface area contributed by atoms with Crippen LogP contribution in [0.15, 0.2) is 85.2 Å². The van der Waals surface area contributed by atoms with E-state index in [1.54, 1.807) is 18.3 Å². The van der Waals surface area contributed by atoms with Gasteiger partial charge in [0, 0.05) is 18.0 Å². The van der Waals surface area contributed by atoms with Gasteiger partial charge >= 0.3 is 0 Å². The monoisotopic (exact) mass is 317 g/mol. The second kappa shape index (κ2) is 6.16. The van der Waals surface area contributed by atoms with Crippen molar-refractivity contribution in [1.82, 2.24) is 10.4 Å². The fourth-order valence-corrected chi connectivity index (χ4v) is 2.87. The zero-order valence-electron chi connectivity index (χ0n) is 12.9. The van der Waals surface area contributed by atoms with Crippen LogP contribution in [-0.2, 0) is 0 Å². The Bertz CT molecular complexity index is 860. The quantitative estimate of drug-likeness (QED) is 0.772. The molecule has 0 saturated carbocycles. The Labute approximate surface area is 140 Å². The van der Waals surface area contributed by atoms with Crippen LogP contribution in [0.5, 0.6) is 0 Å². The maximum absolute atomic E-state index is 13.9. The Morgan fingerprint density at radius 3 is 2.46 bits per heavy atom. The van der Waals surface area contributed by atoms with E-state index in [0.29, 0.717) is 11.3 Å². The molecule has 1 aliphatic rings. The highest BCUT2D eigenvalue weighted by Gasteiger charge is 2.22. The number of hydrogen-bond donors (Lipinski definition) is 1. The van der Waals surface area contributed by atoms with Gasteiger partial charge in [-0.2, -0.15) is 0 Å². The number of rotatable bonds is 3. The van der Waals surface area contributed by atoms with Crippen molar-refractivity contribution in [3.63, 3.8) is 0 Å². The SMILES string of the molecule is Fc1ccccc1-c1ccc(C2C=CNN2c2ccccc2)cn1. The predicted molar refractivity (Wildman–Crippen MR) is 93.6 cm³/mol. The van der Waals surface area contributed by atoms with Crippen LogP contribution in [0.1, 0.15) is 11.6 Å². The molecule has 24 heavy (non-hydrogen) atoms. The predicted octanol–water partition coefficient (Wildman–Crippen LogP) is 4.47. The van der Waals surface area contributed by atoms with E-state index in [9.17, 15) is 4.39 Å². The maximum Gasteiger partial charge on any atom is 0.132 e. The van der Waals surface area contributed by atoms with Gasteiger partial charge in [-0.05, 0) is 42.0 Å². The number of halogens is 1. The first-order valence-electron chi connectivity index (χ1n) is 7.81. The zero-order chi connectivity index (χ0) is 16.4. The summed E-state index contributed by atoms with van der Waals surface area (Å²) in [5.74, 6) is -0.258. The minimum atomic E-state index is -0.258. The normalized spacial score (nSPS) is 16.2. The van der Waals surface area contributed by atoms with Gasteiger partial charge in [0.1, 0.15) is 5.82 Å². The molecule has 1 aromatic heterocycles. The summed E-state index contributed by atoms with van der Waals surface area (Å²) in [5.41, 5.74) is 6.51. The summed E-state index contributed by atoms with van der Waals surface area (Å²) in [6, 6.07) is 20.7. The number of benzene rings is 2. The molecular weight excluding hydrogens is 301 g/mol. The van der Waals surface area contributed by atoms with Gasteiger partial charge in [0.25, 0.3) is 0 Å². The highest BCUT2D eigenvalue weighted by atomic mass is 19.1. The largest absolute Gasteiger partial charge is 0.305 e. The molecule has 0 amide bonds. The summed E-state index contributed by atoms with van der Waals surface area (Å²) in [6.07, 6.45) is 5.80. The van der Waals surface area contributed by atoms with Gasteiger partial charge in [0.15, 0.2) is 0 Å². The van der Waals surface area contributed by atoms with E-state index in [0.717, 1.165) is 11.3 Å². The molecule has 1 aliphatic heterocycles. The minimum absolute atomic E-state index is 0.0505. The molecule has 1 unspecified atom stereocenters. The van der Waals surface area contributed by atoms with Crippen molar-refractivity contribution in [2.45, 2.75) is 6.04 Å². The molecule has 3 aromatic rings. The number of nitrogens with one attached hydrogen (secondary N) is 1. The first-order chi connectivity index (χ1) is 11.8. The van der Waals surface area contributed by atoms with Crippen LogP contribution in [0.4, 0.5) is 10.1 Å². The second-order valence-corrected chi connectivity index (χ2v) is 5.60. The molecule has 2 heterocycles. The Hall–Kier alpha value is -3.14. The number of pyridine rings is 1. The zero-order valence-corrected chi connectivity index (χ0v) is 12.9. The smallest absolute Gasteiger partial charge is 0.132 e. The molecule has 0 spiro atoms. The summed E-state index contributed by atoms with van der Waals surface area (Å²) >= 11 is 0. The van der Waals surface area contributed by atoms with Gasteiger partial charge in [0.05, 0.1) is 17.4 Å². The fourth-order valence-electron chi connectivity index (χ4n) is 2.87. The average molecular weight is 317 g/mol. The molecule has 0 fully saturated rings. The van der Waals surface area contributed by atoms with Crippen LogP contribution in [0.2, 0.25) is 0 Å². The van der Waals surface area contributed by atoms with Gasteiger partial charge in [-0.25, -0.2) is 4.39 Å². The number of hydrogen-bond acceptors (Lipinski definition) is 3. The maximum atomic E-state index is 13.9. The van der Waals surface area contributed by atoms with Gasteiger partial charge in [0.2, 0.25) is 0 Å². The van der Waals surface area contributed by atoms with Crippen LogP contribution in [0.25, 0.3) is 11.3 Å².